The zero-order valence-electron chi connectivity index (χ0n) is 11.6. The van der Waals surface area contributed by atoms with Gasteiger partial charge in [-0.2, -0.15) is 0 Å². The van der Waals surface area contributed by atoms with Crippen molar-refractivity contribution < 1.29 is 14.6 Å². The summed E-state index contributed by atoms with van der Waals surface area (Å²) in [4.78, 5) is 12.3. The summed E-state index contributed by atoms with van der Waals surface area (Å²) in [5.74, 6) is 0.349. The second-order valence-corrected chi connectivity index (χ2v) is 4.93. The van der Waals surface area contributed by atoms with Gasteiger partial charge >= 0.3 is 0 Å². The summed E-state index contributed by atoms with van der Waals surface area (Å²) in [5, 5.41) is 15.8. The molecule has 0 aromatic heterocycles. The minimum Gasteiger partial charge on any atom is -0.506 e. The molecule has 108 valence electrons. The summed E-state index contributed by atoms with van der Waals surface area (Å²) in [5.41, 5.74) is 2.48. The van der Waals surface area contributed by atoms with Crippen molar-refractivity contribution in [2.45, 2.75) is 12.5 Å². The third kappa shape index (κ3) is 2.63. The van der Waals surface area contributed by atoms with Crippen LogP contribution in [-0.2, 0) is 11.2 Å². The average molecular weight is 284 g/mol. The fraction of sp³-hybridized carbons (Fsp3) is 0.188. The second-order valence-electron chi connectivity index (χ2n) is 4.93. The number of para-hydroxylation sites is 1. The number of rotatable bonds is 3. The van der Waals surface area contributed by atoms with E-state index in [0.29, 0.717) is 17.9 Å². The van der Waals surface area contributed by atoms with Gasteiger partial charge in [-0.15, -0.1) is 0 Å². The van der Waals surface area contributed by atoms with Crippen LogP contribution in [0, 0.1) is 0 Å². The first-order valence-electron chi connectivity index (χ1n) is 6.69. The lowest BCUT2D eigenvalue weighted by molar-refractivity contribution is -0.116. The number of hydrogen-bond donors (Lipinski definition) is 3. The van der Waals surface area contributed by atoms with Crippen LogP contribution in [0.2, 0.25) is 0 Å². The number of fused-ring (bicyclic) bond motifs is 1. The van der Waals surface area contributed by atoms with Crippen molar-refractivity contribution in [3.63, 3.8) is 0 Å². The molecule has 1 aliphatic rings. The summed E-state index contributed by atoms with van der Waals surface area (Å²) in [6.07, 6.45) is 0.638. The van der Waals surface area contributed by atoms with Gasteiger partial charge in [0.05, 0.1) is 12.8 Å². The molecule has 1 aliphatic heterocycles. The third-order valence-electron chi connectivity index (χ3n) is 3.55. The number of amides is 1. The van der Waals surface area contributed by atoms with E-state index in [4.69, 9.17) is 4.74 Å². The van der Waals surface area contributed by atoms with Crippen molar-refractivity contribution in [3.8, 4) is 11.5 Å². The van der Waals surface area contributed by atoms with Crippen LogP contribution in [0.25, 0.3) is 0 Å². The molecule has 0 radical (unpaired) electrons. The molecule has 0 fully saturated rings. The smallest absolute Gasteiger partial charge is 0.247 e. The molecule has 1 heterocycles. The van der Waals surface area contributed by atoms with Gasteiger partial charge in [-0.3, -0.25) is 4.79 Å². The van der Waals surface area contributed by atoms with Gasteiger partial charge in [-0.1, -0.05) is 18.2 Å². The van der Waals surface area contributed by atoms with Crippen molar-refractivity contribution in [2.75, 3.05) is 17.7 Å². The summed E-state index contributed by atoms with van der Waals surface area (Å²) in [7, 11) is 1.52. The fourth-order valence-electron chi connectivity index (χ4n) is 2.42. The Morgan fingerprint density at radius 2 is 2.14 bits per heavy atom. The summed E-state index contributed by atoms with van der Waals surface area (Å²) in [6.45, 7) is 0. The maximum Gasteiger partial charge on any atom is 0.247 e. The van der Waals surface area contributed by atoms with Crippen molar-refractivity contribution in [3.05, 3.63) is 48.0 Å². The van der Waals surface area contributed by atoms with Crippen molar-refractivity contribution in [1.29, 1.82) is 0 Å². The topological polar surface area (TPSA) is 70.6 Å². The lowest BCUT2D eigenvalue weighted by atomic mass is 10.1. The predicted octanol–water partition coefficient (Wildman–Crippen LogP) is 2.38. The summed E-state index contributed by atoms with van der Waals surface area (Å²) < 4.78 is 5.01. The predicted molar refractivity (Wildman–Crippen MR) is 80.8 cm³/mol. The summed E-state index contributed by atoms with van der Waals surface area (Å²) in [6, 6.07) is 12.3. The molecule has 2 aromatic rings. The van der Waals surface area contributed by atoms with E-state index in [1.54, 1.807) is 12.1 Å². The van der Waals surface area contributed by atoms with E-state index in [1.807, 2.05) is 24.3 Å². The molecule has 0 saturated heterocycles. The molecule has 21 heavy (non-hydrogen) atoms. The monoisotopic (exact) mass is 284 g/mol. The molecule has 3 N–H and O–H groups in total. The Morgan fingerprint density at radius 3 is 2.86 bits per heavy atom. The number of methoxy groups -OCH3 is 1. The van der Waals surface area contributed by atoms with Crippen LogP contribution in [0.15, 0.2) is 42.5 Å². The van der Waals surface area contributed by atoms with Gasteiger partial charge < -0.3 is 20.5 Å². The Balaban J connectivity index is 1.71. The van der Waals surface area contributed by atoms with Crippen LogP contribution in [0.5, 0.6) is 11.5 Å². The second kappa shape index (κ2) is 5.36. The fourth-order valence-corrected chi connectivity index (χ4v) is 2.42. The molecule has 0 aliphatic carbocycles. The van der Waals surface area contributed by atoms with Gasteiger partial charge in [0, 0.05) is 18.2 Å². The highest BCUT2D eigenvalue weighted by Gasteiger charge is 2.26. The number of hydrogen-bond acceptors (Lipinski definition) is 4. The molecular formula is C16H16N2O3. The first-order valence-corrected chi connectivity index (χ1v) is 6.69. The number of carbonyl (C=O) groups excluding carboxylic acids is 1. The Kier molecular flexibility index (Phi) is 3.39. The minimum atomic E-state index is -0.330. The van der Waals surface area contributed by atoms with Crippen LogP contribution >= 0.6 is 0 Å². The molecule has 0 spiro atoms. The maximum absolute atomic E-state index is 12.3. The number of aromatic hydroxyl groups is 1. The highest BCUT2D eigenvalue weighted by Crippen LogP contribution is 2.29. The molecule has 1 amide bonds. The van der Waals surface area contributed by atoms with Gasteiger partial charge in [-0.25, -0.2) is 0 Å². The number of anilines is 2. The van der Waals surface area contributed by atoms with E-state index in [1.165, 1.54) is 13.2 Å². The third-order valence-corrected chi connectivity index (χ3v) is 3.55. The molecule has 5 heteroatoms. The number of carbonyl (C=O) groups is 1. The molecule has 5 nitrogen and oxygen atoms in total. The van der Waals surface area contributed by atoms with Crippen LogP contribution in [0.4, 0.5) is 11.4 Å². The minimum absolute atomic E-state index is 0.0155. The lowest BCUT2D eigenvalue weighted by Crippen LogP contribution is -2.32. The first-order chi connectivity index (χ1) is 10.2. The number of phenolic OH excluding ortho intramolecular Hbond substituents is 1. The molecule has 1 atom stereocenters. The Labute approximate surface area is 122 Å². The van der Waals surface area contributed by atoms with Crippen LogP contribution in [0.3, 0.4) is 0 Å². The van der Waals surface area contributed by atoms with Gasteiger partial charge in [0.1, 0.15) is 17.5 Å². The van der Waals surface area contributed by atoms with Crippen LogP contribution in [-0.4, -0.2) is 24.2 Å². The van der Waals surface area contributed by atoms with E-state index >= 15 is 0 Å². The number of phenols is 1. The van der Waals surface area contributed by atoms with Crippen LogP contribution in [0.1, 0.15) is 5.56 Å². The van der Waals surface area contributed by atoms with Gasteiger partial charge in [-0.05, 0) is 23.8 Å². The van der Waals surface area contributed by atoms with E-state index in [2.05, 4.69) is 10.6 Å². The first kappa shape index (κ1) is 13.3. The molecule has 0 bridgehead atoms. The molecule has 0 saturated carbocycles. The Morgan fingerprint density at radius 1 is 1.33 bits per heavy atom. The molecule has 3 rings (SSSR count). The zero-order valence-corrected chi connectivity index (χ0v) is 11.6. The average Bonchev–Trinajstić information content (AvgIpc) is 2.93. The van der Waals surface area contributed by atoms with Crippen molar-refractivity contribution >= 4 is 17.3 Å². The van der Waals surface area contributed by atoms with Gasteiger partial charge in [0.2, 0.25) is 5.91 Å². The van der Waals surface area contributed by atoms with Gasteiger partial charge in [0.15, 0.2) is 0 Å². The van der Waals surface area contributed by atoms with E-state index < -0.39 is 0 Å². The van der Waals surface area contributed by atoms with E-state index in [0.717, 1.165) is 11.3 Å². The highest BCUT2D eigenvalue weighted by atomic mass is 16.5. The van der Waals surface area contributed by atoms with Crippen molar-refractivity contribution in [1.82, 2.24) is 0 Å². The molecule has 2 aromatic carbocycles. The normalized spacial score (nSPS) is 16.0. The molecule has 1 unspecified atom stereocenters. The van der Waals surface area contributed by atoms with E-state index in [9.17, 15) is 9.90 Å². The lowest BCUT2D eigenvalue weighted by Gasteiger charge is -2.13. The zero-order chi connectivity index (χ0) is 14.8. The Hall–Kier alpha value is -2.69. The number of ether oxygens (including phenoxy) is 1. The van der Waals surface area contributed by atoms with E-state index in [-0.39, 0.29) is 17.7 Å². The highest BCUT2D eigenvalue weighted by molar-refractivity contribution is 5.99. The standard InChI is InChI=1S/C16H16N2O3/c1-21-11-6-7-13(15(19)9-11)18-16(20)14-8-10-4-2-3-5-12(10)17-14/h2-7,9,14,17,19H,8H2,1H3,(H,18,20). The summed E-state index contributed by atoms with van der Waals surface area (Å²) >= 11 is 0. The number of nitrogens with one attached hydrogen (secondary N) is 2. The van der Waals surface area contributed by atoms with Crippen molar-refractivity contribution in [2.24, 2.45) is 0 Å². The molecular weight excluding hydrogens is 268 g/mol. The maximum atomic E-state index is 12.3. The van der Waals surface area contributed by atoms with Crippen LogP contribution < -0.4 is 15.4 Å². The van der Waals surface area contributed by atoms with Gasteiger partial charge in [0.25, 0.3) is 0 Å². The largest absolute Gasteiger partial charge is 0.506 e. The SMILES string of the molecule is COc1ccc(NC(=O)C2Cc3ccccc3N2)c(O)c1. The Bertz CT molecular complexity index is 660. The number of benzene rings is 2. The quantitative estimate of drug-likeness (QED) is 0.757.